The van der Waals surface area contributed by atoms with Gasteiger partial charge in [0.25, 0.3) is 0 Å². The lowest BCUT2D eigenvalue weighted by Gasteiger charge is -2.19. The molecular formula is C15H21F2NO4. The number of carboxylic acids is 1. The Morgan fingerprint density at radius 1 is 1.41 bits per heavy atom. The van der Waals surface area contributed by atoms with Crippen LogP contribution in [-0.2, 0) is 11.3 Å². The fraction of sp³-hybridized carbons (Fsp3) is 0.533. The van der Waals surface area contributed by atoms with Crippen LogP contribution in [0.3, 0.4) is 0 Å². The van der Waals surface area contributed by atoms with Gasteiger partial charge in [0, 0.05) is 12.1 Å². The molecule has 0 saturated carbocycles. The number of methoxy groups -OCH3 is 1. The fourth-order valence-electron chi connectivity index (χ4n) is 1.81. The first-order valence-corrected chi connectivity index (χ1v) is 6.82. The number of hydrogen-bond donors (Lipinski definition) is 2. The number of carboxylic acid groups (broad SMARTS) is 1. The number of alkyl halides is 2. The van der Waals surface area contributed by atoms with Crippen molar-refractivity contribution in [3.8, 4) is 11.5 Å². The molecule has 22 heavy (non-hydrogen) atoms. The second kappa shape index (κ2) is 7.93. The first-order chi connectivity index (χ1) is 10.3. The normalized spacial score (nSPS) is 11.5. The summed E-state index contributed by atoms with van der Waals surface area (Å²) in [4.78, 5) is 11.0. The molecule has 2 N–H and O–H groups in total. The number of nitrogens with one attached hydrogen (secondary N) is 1. The highest BCUT2D eigenvalue weighted by molar-refractivity contribution is 5.73. The average Bonchev–Trinajstić information content (AvgIpc) is 2.44. The SMILES string of the molecule is COc1cccc(CNCCC(C)(C)C(=O)O)c1OC(F)F. The van der Waals surface area contributed by atoms with E-state index < -0.39 is 18.0 Å². The number of halogens is 2. The maximum absolute atomic E-state index is 12.5. The molecule has 0 bridgehead atoms. The van der Waals surface area contributed by atoms with E-state index in [9.17, 15) is 13.6 Å². The predicted molar refractivity (Wildman–Crippen MR) is 77.4 cm³/mol. The van der Waals surface area contributed by atoms with Crippen LogP contribution in [0.2, 0.25) is 0 Å². The number of aliphatic carboxylic acids is 1. The zero-order chi connectivity index (χ0) is 16.8. The molecule has 124 valence electrons. The van der Waals surface area contributed by atoms with Gasteiger partial charge in [-0.05, 0) is 32.9 Å². The Hall–Kier alpha value is -1.89. The van der Waals surface area contributed by atoms with Crippen molar-refractivity contribution in [2.45, 2.75) is 33.4 Å². The molecule has 1 aromatic rings. The molecule has 0 unspecified atom stereocenters. The third-order valence-corrected chi connectivity index (χ3v) is 3.31. The van der Waals surface area contributed by atoms with Gasteiger partial charge in [-0.25, -0.2) is 0 Å². The van der Waals surface area contributed by atoms with E-state index >= 15 is 0 Å². The highest BCUT2D eigenvalue weighted by Crippen LogP contribution is 2.32. The Morgan fingerprint density at radius 3 is 2.64 bits per heavy atom. The summed E-state index contributed by atoms with van der Waals surface area (Å²) in [7, 11) is 1.38. The van der Waals surface area contributed by atoms with Crippen molar-refractivity contribution in [2.75, 3.05) is 13.7 Å². The zero-order valence-corrected chi connectivity index (χ0v) is 12.9. The third-order valence-electron chi connectivity index (χ3n) is 3.31. The molecule has 0 aliphatic rings. The molecule has 0 saturated heterocycles. The van der Waals surface area contributed by atoms with Crippen LogP contribution in [0, 0.1) is 5.41 Å². The van der Waals surface area contributed by atoms with E-state index in [1.54, 1.807) is 26.0 Å². The van der Waals surface area contributed by atoms with E-state index in [-0.39, 0.29) is 18.0 Å². The minimum Gasteiger partial charge on any atom is -0.493 e. The minimum atomic E-state index is -2.94. The maximum Gasteiger partial charge on any atom is 0.387 e. The molecule has 0 heterocycles. The lowest BCUT2D eigenvalue weighted by molar-refractivity contribution is -0.147. The minimum absolute atomic E-state index is 0.00926. The molecule has 5 nitrogen and oxygen atoms in total. The fourth-order valence-corrected chi connectivity index (χ4v) is 1.81. The quantitative estimate of drug-likeness (QED) is 0.686. The van der Waals surface area contributed by atoms with Gasteiger partial charge in [0.15, 0.2) is 11.5 Å². The Bertz CT molecular complexity index is 506. The van der Waals surface area contributed by atoms with Crippen molar-refractivity contribution in [1.29, 1.82) is 0 Å². The van der Waals surface area contributed by atoms with Crippen LogP contribution in [0.15, 0.2) is 18.2 Å². The summed E-state index contributed by atoms with van der Waals surface area (Å²) in [6.45, 7) is 1.03. The Labute approximate surface area is 128 Å². The van der Waals surface area contributed by atoms with Gasteiger partial charge < -0.3 is 19.9 Å². The summed E-state index contributed by atoms with van der Waals surface area (Å²) in [5, 5.41) is 12.1. The lowest BCUT2D eigenvalue weighted by atomic mass is 9.90. The van der Waals surface area contributed by atoms with Crippen LogP contribution in [0.5, 0.6) is 11.5 Å². The Kier molecular flexibility index (Phi) is 6.55. The van der Waals surface area contributed by atoms with Crippen LogP contribution in [0.4, 0.5) is 8.78 Å². The zero-order valence-electron chi connectivity index (χ0n) is 12.9. The van der Waals surface area contributed by atoms with Crippen LogP contribution < -0.4 is 14.8 Å². The summed E-state index contributed by atoms with van der Waals surface area (Å²) in [6, 6.07) is 4.86. The standard InChI is InChI=1S/C15H21F2NO4/c1-15(2,13(19)20)7-8-18-9-10-5-4-6-11(21-3)12(10)22-14(16)17/h4-6,14,18H,7-9H2,1-3H3,(H,19,20). The highest BCUT2D eigenvalue weighted by atomic mass is 19.3. The molecule has 0 radical (unpaired) electrons. The monoisotopic (exact) mass is 317 g/mol. The molecule has 0 amide bonds. The first-order valence-electron chi connectivity index (χ1n) is 6.82. The molecular weight excluding hydrogens is 296 g/mol. The van der Waals surface area contributed by atoms with Crippen molar-refractivity contribution in [1.82, 2.24) is 5.32 Å². The molecule has 7 heteroatoms. The van der Waals surface area contributed by atoms with Gasteiger partial charge in [-0.15, -0.1) is 0 Å². The van der Waals surface area contributed by atoms with Gasteiger partial charge in [-0.2, -0.15) is 8.78 Å². The molecule has 0 aliphatic carbocycles. The topological polar surface area (TPSA) is 67.8 Å². The van der Waals surface area contributed by atoms with Crippen LogP contribution >= 0.6 is 0 Å². The second-order valence-corrected chi connectivity index (χ2v) is 5.44. The van der Waals surface area contributed by atoms with Gasteiger partial charge in [0.2, 0.25) is 0 Å². The predicted octanol–water partition coefficient (Wildman–Crippen LogP) is 2.89. The van der Waals surface area contributed by atoms with Crippen LogP contribution in [0.1, 0.15) is 25.8 Å². The number of hydrogen-bond acceptors (Lipinski definition) is 4. The van der Waals surface area contributed by atoms with Gasteiger partial charge in [0.1, 0.15) is 0 Å². The summed E-state index contributed by atoms with van der Waals surface area (Å²) < 4.78 is 34.5. The van der Waals surface area contributed by atoms with Gasteiger partial charge in [-0.3, -0.25) is 4.79 Å². The largest absolute Gasteiger partial charge is 0.493 e. The van der Waals surface area contributed by atoms with Crippen LogP contribution in [0.25, 0.3) is 0 Å². The van der Waals surface area contributed by atoms with Crippen molar-refractivity contribution >= 4 is 5.97 Å². The van der Waals surface area contributed by atoms with Crippen molar-refractivity contribution in [2.24, 2.45) is 5.41 Å². The average molecular weight is 317 g/mol. The molecule has 0 spiro atoms. The smallest absolute Gasteiger partial charge is 0.387 e. The van der Waals surface area contributed by atoms with Gasteiger partial charge in [0.05, 0.1) is 12.5 Å². The molecule has 0 aliphatic heterocycles. The summed E-state index contributed by atoms with van der Waals surface area (Å²) in [6.07, 6.45) is 0.414. The second-order valence-electron chi connectivity index (χ2n) is 5.44. The molecule has 0 atom stereocenters. The highest BCUT2D eigenvalue weighted by Gasteiger charge is 2.26. The van der Waals surface area contributed by atoms with Crippen molar-refractivity contribution in [3.05, 3.63) is 23.8 Å². The maximum atomic E-state index is 12.5. The van der Waals surface area contributed by atoms with Gasteiger partial charge >= 0.3 is 12.6 Å². The third kappa shape index (κ3) is 5.14. The lowest BCUT2D eigenvalue weighted by Crippen LogP contribution is -2.29. The number of para-hydroxylation sites is 1. The Morgan fingerprint density at radius 2 is 2.09 bits per heavy atom. The van der Waals surface area contributed by atoms with E-state index in [1.165, 1.54) is 13.2 Å². The van der Waals surface area contributed by atoms with Crippen molar-refractivity contribution in [3.63, 3.8) is 0 Å². The first kappa shape index (κ1) is 18.2. The van der Waals surface area contributed by atoms with E-state index in [1.807, 2.05) is 0 Å². The number of ether oxygens (including phenoxy) is 2. The van der Waals surface area contributed by atoms with Crippen LogP contribution in [-0.4, -0.2) is 31.3 Å². The summed E-state index contributed by atoms with van der Waals surface area (Å²) in [5.41, 5.74) is -0.322. The number of rotatable bonds is 9. The van der Waals surface area contributed by atoms with E-state index in [4.69, 9.17) is 9.84 Å². The Balaban J connectivity index is 2.67. The van der Waals surface area contributed by atoms with Crippen molar-refractivity contribution < 1.29 is 28.2 Å². The molecule has 0 fully saturated rings. The molecule has 1 rings (SSSR count). The number of carbonyl (C=O) groups is 1. The molecule has 1 aromatic carbocycles. The van der Waals surface area contributed by atoms with E-state index in [2.05, 4.69) is 10.1 Å². The van der Waals surface area contributed by atoms with E-state index in [0.717, 1.165) is 0 Å². The number of benzene rings is 1. The molecule has 0 aromatic heterocycles. The summed E-state index contributed by atoms with van der Waals surface area (Å²) >= 11 is 0. The van der Waals surface area contributed by atoms with E-state index in [0.29, 0.717) is 18.5 Å². The van der Waals surface area contributed by atoms with Gasteiger partial charge in [-0.1, -0.05) is 12.1 Å². The summed E-state index contributed by atoms with van der Waals surface area (Å²) in [5.74, 6) is -0.659.